The molecule has 0 radical (unpaired) electrons. The zero-order valence-corrected chi connectivity index (χ0v) is 10.8. The van der Waals surface area contributed by atoms with Gasteiger partial charge in [0.15, 0.2) is 0 Å². The Hall–Kier alpha value is -1.65. The van der Waals surface area contributed by atoms with Crippen LogP contribution in [0.1, 0.15) is 18.5 Å². The number of rotatable bonds is 2. The van der Waals surface area contributed by atoms with E-state index in [0.29, 0.717) is 12.2 Å². The largest absolute Gasteiger partial charge is 0.391 e. The SMILES string of the molecule is OCc1cc2ccccc2c(N2CCCC(O)C2)n1. The predicted octanol–water partition coefficient (Wildman–Crippen LogP) is 1.69. The molecule has 4 heteroatoms. The number of nitrogens with zero attached hydrogens (tertiary/aromatic N) is 2. The maximum Gasteiger partial charge on any atom is 0.136 e. The lowest BCUT2D eigenvalue weighted by molar-refractivity contribution is 0.154. The molecule has 1 unspecified atom stereocenters. The minimum Gasteiger partial charge on any atom is -0.391 e. The number of β-amino-alcohol motifs (C(OH)–C–C–N with tert-alkyl or cyclic N) is 1. The third-order valence-electron chi connectivity index (χ3n) is 3.63. The molecule has 4 nitrogen and oxygen atoms in total. The first kappa shape index (κ1) is 12.4. The molecule has 1 aliphatic rings. The summed E-state index contributed by atoms with van der Waals surface area (Å²) < 4.78 is 0. The van der Waals surface area contributed by atoms with E-state index in [-0.39, 0.29) is 12.7 Å². The molecule has 1 aromatic carbocycles. The summed E-state index contributed by atoms with van der Waals surface area (Å²) >= 11 is 0. The Kier molecular flexibility index (Phi) is 3.36. The van der Waals surface area contributed by atoms with E-state index in [1.165, 1.54) is 0 Å². The van der Waals surface area contributed by atoms with E-state index in [4.69, 9.17) is 0 Å². The average molecular weight is 258 g/mol. The molecule has 1 fully saturated rings. The number of aliphatic hydroxyl groups is 2. The second-order valence-corrected chi connectivity index (χ2v) is 5.06. The quantitative estimate of drug-likeness (QED) is 0.860. The number of hydrogen-bond acceptors (Lipinski definition) is 4. The van der Waals surface area contributed by atoms with Crippen LogP contribution in [0.2, 0.25) is 0 Å². The van der Waals surface area contributed by atoms with Crippen molar-refractivity contribution in [2.75, 3.05) is 18.0 Å². The fraction of sp³-hybridized carbons (Fsp3) is 0.400. The summed E-state index contributed by atoms with van der Waals surface area (Å²) in [4.78, 5) is 6.66. The minimum absolute atomic E-state index is 0.0613. The first-order valence-corrected chi connectivity index (χ1v) is 6.70. The van der Waals surface area contributed by atoms with Gasteiger partial charge in [-0.15, -0.1) is 0 Å². The molecule has 1 saturated heterocycles. The summed E-state index contributed by atoms with van der Waals surface area (Å²) in [5.74, 6) is 0.876. The number of fused-ring (bicyclic) bond motifs is 1. The van der Waals surface area contributed by atoms with Crippen LogP contribution in [0.25, 0.3) is 10.8 Å². The van der Waals surface area contributed by atoms with Crippen LogP contribution in [-0.2, 0) is 6.61 Å². The van der Waals surface area contributed by atoms with Gasteiger partial charge >= 0.3 is 0 Å². The molecule has 2 N–H and O–H groups in total. The van der Waals surface area contributed by atoms with Crippen LogP contribution >= 0.6 is 0 Å². The van der Waals surface area contributed by atoms with E-state index >= 15 is 0 Å². The Morgan fingerprint density at radius 2 is 2.16 bits per heavy atom. The third-order valence-corrected chi connectivity index (χ3v) is 3.63. The second kappa shape index (κ2) is 5.15. The molecule has 1 atom stereocenters. The lowest BCUT2D eigenvalue weighted by Gasteiger charge is -2.32. The molecule has 0 aliphatic carbocycles. The zero-order chi connectivity index (χ0) is 13.2. The van der Waals surface area contributed by atoms with Crippen molar-refractivity contribution in [2.24, 2.45) is 0 Å². The van der Waals surface area contributed by atoms with Crippen LogP contribution in [0.15, 0.2) is 30.3 Å². The predicted molar refractivity (Wildman–Crippen MR) is 75.1 cm³/mol. The molecule has 0 amide bonds. The highest BCUT2D eigenvalue weighted by atomic mass is 16.3. The van der Waals surface area contributed by atoms with Crippen LogP contribution in [0.3, 0.4) is 0 Å². The second-order valence-electron chi connectivity index (χ2n) is 5.06. The van der Waals surface area contributed by atoms with Crippen LogP contribution in [0, 0.1) is 0 Å². The summed E-state index contributed by atoms with van der Waals surface area (Å²) in [6.07, 6.45) is 1.54. The number of hydrogen-bond donors (Lipinski definition) is 2. The number of aliphatic hydroxyl groups excluding tert-OH is 2. The van der Waals surface area contributed by atoms with Crippen LogP contribution in [0.5, 0.6) is 0 Å². The molecule has 1 aromatic heterocycles. The normalized spacial score (nSPS) is 19.9. The van der Waals surface area contributed by atoms with Gasteiger partial charge in [-0.2, -0.15) is 0 Å². The standard InChI is InChI=1S/C15H18N2O2/c18-10-12-8-11-4-1-2-6-14(11)15(16-12)17-7-3-5-13(19)9-17/h1-2,4,6,8,13,18-19H,3,5,7,9-10H2. The average Bonchev–Trinajstić information content (AvgIpc) is 2.46. The molecular weight excluding hydrogens is 240 g/mol. The molecule has 100 valence electrons. The Morgan fingerprint density at radius 1 is 1.32 bits per heavy atom. The van der Waals surface area contributed by atoms with Gasteiger partial charge in [0.25, 0.3) is 0 Å². The highest BCUT2D eigenvalue weighted by molar-refractivity contribution is 5.92. The third kappa shape index (κ3) is 2.41. The molecule has 2 heterocycles. The summed E-state index contributed by atoms with van der Waals surface area (Å²) in [5.41, 5.74) is 0.675. The van der Waals surface area contributed by atoms with E-state index in [0.717, 1.165) is 36.0 Å². The van der Waals surface area contributed by atoms with Gasteiger partial charge in [0, 0.05) is 18.5 Å². The van der Waals surface area contributed by atoms with Crippen molar-refractivity contribution < 1.29 is 10.2 Å². The van der Waals surface area contributed by atoms with Gasteiger partial charge in [-0.1, -0.05) is 24.3 Å². The van der Waals surface area contributed by atoms with Gasteiger partial charge in [0.2, 0.25) is 0 Å². The topological polar surface area (TPSA) is 56.6 Å². The number of anilines is 1. The number of pyridine rings is 1. The fourth-order valence-corrected chi connectivity index (χ4v) is 2.70. The van der Waals surface area contributed by atoms with E-state index in [1.54, 1.807) is 0 Å². The first-order chi connectivity index (χ1) is 9.28. The van der Waals surface area contributed by atoms with Crippen LogP contribution in [0.4, 0.5) is 5.82 Å². The van der Waals surface area contributed by atoms with Crippen molar-refractivity contribution in [3.8, 4) is 0 Å². The van der Waals surface area contributed by atoms with Crippen molar-refractivity contribution in [3.63, 3.8) is 0 Å². The maximum absolute atomic E-state index is 9.82. The summed E-state index contributed by atoms with van der Waals surface area (Å²) in [6, 6.07) is 9.96. The van der Waals surface area contributed by atoms with Crippen molar-refractivity contribution in [1.29, 1.82) is 0 Å². The first-order valence-electron chi connectivity index (χ1n) is 6.70. The molecule has 0 saturated carbocycles. The smallest absolute Gasteiger partial charge is 0.136 e. The van der Waals surface area contributed by atoms with Gasteiger partial charge in [0.05, 0.1) is 18.4 Å². The lowest BCUT2D eigenvalue weighted by Crippen LogP contribution is -2.38. The lowest BCUT2D eigenvalue weighted by atomic mass is 10.1. The number of piperidine rings is 1. The Bertz CT molecular complexity index is 585. The Balaban J connectivity index is 2.10. The summed E-state index contributed by atoms with van der Waals surface area (Å²) in [7, 11) is 0. The molecular formula is C15H18N2O2. The fourth-order valence-electron chi connectivity index (χ4n) is 2.70. The maximum atomic E-state index is 9.82. The molecule has 1 aliphatic heterocycles. The summed E-state index contributed by atoms with van der Waals surface area (Å²) in [5, 5.41) is 21.3. The highest BCUT2D eigenvalue weighted by Gasteiger charge is 2.20. The van der Waals surface area contributed by atoms with E-state index in [2.05, 4.69) is 9.88 Å². The monoisotopic (exact) mass is 258 g/mol. The van der Waals surface area contributed by atoms with E-state index < -0.39 is 0 Å². The molecule has 0 bridgehead atoms. The van der Waals surface area contributed by atoms with Crippen molar-refractivity contribution in [1.82, 2.24) is 4.98 Å². The van der Waals surface area contributed by atoms with Gasteiger partial charge in [0.1, 0.15) is 5.82 Å². The Morgan fingerprint density at radius 3 is 2.95 bits per heavy atom. The van der Waals surface area contributed by atoms with Crippen molar-refractivity contribution in [3.05, 3.63) is 36.0 Å². The van der Waals surface area contributed by atoms with Crippen molar-refractivity contribution in [2.45, 2.75) is 25.6 Å². The Labute approximate surface area is 112 Å². The number of aromatic nitrogens is 1. The van der Waals surface area contributed by atoms with Crippen LogP contribution < -0.4 is 4.90 Å². The molecule has 19 heavy (non-hydrogen) atoms. The van der Waals surface area contributed by atoms with Gasteiger partial charge in [-0.05, 0) is 24.3 Å². The molecule has 3 rings (SSSR count). The van der Waals surface area contributed by atoms with Gasteiger partial charge in [-0.25, -0.2) is 4.98 Å². The number of benzene rings is 1. The van der Waals surface area contributed by atoms with Crippen molar-refractivity contribution >= 4 is 16.6 Å². The molecule has 0 spiro atoms. The summed E-state index contributed by atoms with van der Waals surface area (Å²) in [6.45, 7) is 1.46. The highest BCUT2D eigenvalue weighted by Crippen LogP contribution is 2.28. The van der Waals surface area contributed by atoms with Gasteiger partial charge in [-0.3, -0.25) is 0 Å². The van der Waals surface area contributed by atoms with Gasteiger partial charge < -0.3 is 15.1 Å². The van der Waals surface area contributed by atoms with E-state index in [9.17, 15) is 10.2 Å². The molecule has 2 aromatic rings. The van der Waals surface area contributed by atoms with E-state index in [1.807, 2.05) is 30.3 Å². The zero-order valence-electron chi connectivity index (χ0n) is 10.8. The van der Waals surface area contributed by atoms with Crippen LogP contribution in [-0.4, -0.2) is 34.4 Å². The minimum atomic E-state index is -0.285.